The maximum absolute atomic E-state index is 15.1. The van der Waals surface area contributed by atoms with Gasteiger partial charge < -0.3 is 15.5 Å². The average molecular weight is 506 g/mol. The molecule has 0 saturated heterocycles. The van der Waals surface area contributed by atoms with Crippen molar-refractivity contribution in [3.63, 3.8) is 0 Å². The molecule has 36 heavy (non-hydrogen) atoms. The molecule has 1 aliphatic rings. The van der Waals surface area contributed by atoms with Gasteiger partial charge >= 0.3 is 0 Å². The first-order valence-electron chi connectivity index (χ1n) is 12.0. The molecule has 0 spiro atoms. The van der Waals surface area contributed by atoms with Crippen LogP contribution in [0.3, 0.4) is 0 Å². The number of hydrogen-bond donors (Lipinski definition) is 3. The number of amides is 1. The summed E-state index contributed by atoms with van der Waals surface area (Å²) in [5.41, 5.74) is 2.98. The van der Waals surface area contributed by atoms with Gasteiger partial charge in [-0.2, -0.15) is 0 Å². The summed E-state index contributed by atoms with van der Waals surface area (Å²) in [6.07, 6.45) is 2.78. The number of pyridine rings is 1. The van der Waals surface area contributed by atoms with Gasteiger partial charge in [0.2, 0.25) is 5.91 Å². The van der Waals surface area contributed by atoms with Crippen LogP contribution < -0.4 is 5.32 Å². The van der Waals surface area contributed by atoms with Crippen molar-refractivity contribution in [2.75, 3.05) is 13.2 Å². The van der Waals surface area contributed by atoms with Gasteiger partial charge in [-0.15, -0.1) is 0 Å². The van der Waals surface area contributed by atoms with E-state index < -0.39 is 24.6 Å². The van der Waals surface area contributed by atoms with Crippen LogP contribution in [0.2, 0.25) is 0 Å². The van der Waals surface area contributed by atoms with Gasteiger partial charge in [-0.25, -0.2) is 14.4 Å². The summed E-state index contributed by atoms with van der Waals surface area (Å²) in [5.74, 6) is -0.739. The van der Waals surface area contributed by atoms with E-state index in [1.54, 1.807) is 6.07 Å². The summed E-state index contributed by atoms with van der Waals surface area (Å²) < 4.78 is 15.1. The van der Waals surface area contributed by atoms with Crippen molar-refractivity contribution in [2.45, 2.75) is 43.6 Å². The van der Waals surface area contributed by atoms with Gasteiger partial charge in [-0.3, -0.25) is 4.79 Å². The minimum atomic E-state index is -1.14. The summed E-state index contributed by atoms with van der Waals surface area (Å²) in [7, 11) is 0. The Hall–Kier alpha value is -3.20. The lowest BCUT2D eigenvalue weighted by Crippen LogP contribution is -2.53. The number of hydrogen-bond acceptors (Lipinski definition) is 6. The quantitative estimate of drug-likeness (QED) is 0.314. The summed E-state index contributed by atoms with van der Waals surface area (Å²) in [6.45, 7) is 0.516. The molecule has 2 aromatic carbocycles. The number of aryl methyl sites for hydroxylation is 1. The Morgan fingerprint density at radius 3 is 2.47 bits per heavy atom. The third kappa shape index (κ3) is 4.64. The molecule has 0 aliphatic heterocycles. The number of aliphatic hydroxyl groups is 2. The van der Waals surface area contributed by atoms with Crippen LogP contribution in [0.1, 0.15) is 43.0 Å². The first-order chi connectivity index (χ1) is 17.4. The van der Waals surface area contributed by atoms with Crippen molar-refractivity contribution >= 4 is 27.6 Å². The van der Waals surface area contributed by atoms with Crippen molar-refractivity contribution in [1.29, 1.82) is 0 Å². The van der Waals surface area contributed by atoms with Crippen LogP contribution in [-0.2, 0) is 16.6 Å². The number of aliphatic hydroxyl groups excluding tert-OH is 2. The SMILES string of the molecule is CC(=O)NC(CO)(CO)CCc1ccc(-c2nc3ccc(C4(c5ccccc5)CC4)nc3s2)c(F)c1. The zero-order valence-electron chi connectivity index (χ0n) is 20.0. The van der Waals surface area contributed by atoms with Gasteiger partial charge in [0.1, 0.15) is 21.2 Å². The number of halogens is 1. The lowest BCUT2D eigenvalue weighted by atomic mass is 9.92. The first-order valence-corrected chi connectivity index (χ1v) is 12.8. The van der Waals surface area contributed by atoms with Gasteiger partial charge in [0.25, 0.3) is 0 Å². The fourth-order valence-electron chi connectivity index (χ4n) is 4.77. The van der Waals surface area contributed by atoms with Crippen LogP contribution in [0, 0.1) is 5.82 Å². The van der Waals surface area contributed by atoms with Gasteiger partial charge in [-0.1, -0.05) is 47.7 Å². The maximum Gasteiger partial charge on any atom is 0.217 e. The molecule has 1 fully saturated rings. The molecule has 3 N–H and O–H groups in total. The van der Waals surface area contributed by atoms with E-state index in [0.717, 1.165) is 28.9 Å². The van der Waals surface area contributed by atoms with E-state index in [9.17, 15) is 15.0 Å². The molecule has 1 aliphatic carbocycles. The third-order valence-electron chi connectivity index (χ3n) is 7.02. The average Bonchev–Trinajstić information content (AvgIpc) is 3.60. The van der Waals surface area contributed by atoms with Crippen molar-refractivity contribution in [2.24, 2.45) is 0 Å². The number of benzene rings is 2. The minimum absolute atomic E-state index is 0.0396. The fraction of sp³-hybridized carbons (Fsp3) is 0.321. The summed E-state index contributed by atoms with van der Waals surface area (Å²) >= 11 is 1.38. The number of rotatable bonds is 9. The molecule has 4 aromatic rings. The fourth-order valence-corrected chi connectivity index (χ4v) is 5.73. The Morgan fingerprint density at radius 2 is 1.83 bits per heavy atom. The van der Waals surface area contributed by atoms with E-state index in [2.05, 4.69) is 34.6 Å². The summed E-state index contributed by atoms with van der Waals surface area (Å²) in [6, 6.07) is 19.4. The Balaban J connectivity index is 1.37. The largest absolute Gasteiger partial charge is 0.394 e. The molecule has 2 aromatic heterocycles. The predicted molar refractivity (Wildman–Crippen MR) is 138 cm³/mol. The highest BCUT2D eigenvalue weighted by atomic mass is 32.1. The van der Waals surface area contributed by atoms with Crippen LogP contribution in [0.5, 0.6) is 0 Å². The van der Waals surface area contributed by atoms with Crippen LogP contribution in [-0.4, -0.2) is 44.8 Å². The molecule has 8 heteroatoms. The lowest BCUT2D eigenvalue weighted by Gasteiger charge is -2.30. The van der Waals surface area contributed by atoms with E-state index in [-0.39, 0.29) is 17.7 Å². The third-order valence-corrected chi connectivity index (χ3v) is 8.02. The topological polar surface area (TPSA) is 95.3 Å². The zero-order valence-corrected chi connectivity index (χ0v) is 20.8. The number of nitrogens with one attached hydrogen (secondary N) is 1. The van der Waals surface area contributed by atoms with Crippen molar-refractivity contribution in [1.82, 2.24) is 15.3 Å². The first kappa shape index (κ1) is 24.5. The Bertz CT molecular complexity index is 1400. The zero-order chi connectivity index (χ0) is 25.3. The highest BCUT2D eigenvalue weighted by Gasteiger charge is 2.47. The molecule has 0 unspecified atom stereocenters. The summed E-state index contributed by atoms with van der Waals surface area (Å²) in [5, 5.41) is 22.6. The van der Waals surface area contributed by atoms with Gasteiger partial charge in [0.05, 0.1) is 24.4 Å². The lowest BCUT2D eigenvalue weighted by molar-refractivity contribution is -0.122. The Morgan fingerprint density at radius 1 is 1.08 bits per heavy atom. The molecule has 186 valence electrons. The molecule has 1 saturated carbocycles. The highest BCUT2D eigenvalue weighted by Crippen LogP contribution is 2.53. The second-order valence-corrected chi connectivity index (χ2v) is 10.6. The molecular weight excluding hydrogens is 477 g/mol. The van der Waals surface area contributed by atoms with E-state index in [0.29, 0.717) is 22.6 Å². The second kappa shape index (κ2) is 9.69. The van der Waals surface area contributed by atoms with Crippen LogP contribution >= 0.6 is 11.3 Å². The molecule has 0 atom stereocenters. The number of carbonyl (C=O) groups excluding carboxylic acids is 1. The van der Waals surface area contributed by atoms with Crippen molar-refractivity contribution in [3.8, 4) is 10.6 Å². The molecular formula is C28H28FN3O3S. The molecule has 0 radical (unpaired) electrons. The minimum Gasteiger partial charge on any atom is -0.394 e. The number of nitrogens with zero attached hydrogens (tertiary/aromatic N) is 2. The summed E-state index contributed by atoms with van der Waals surface area (Å²) in [4.78, 5) is 21.8. The molecule has 0 bridgehead atoms. The Labute approximate surface area is 212 Å². The highest BCUT2D eigenvalue weighted by molar-refractivity contribution is 7.21. The molecule has 1 amide bonds. The second-order valence-electron chi connectivity index (χ2n) is 9.58. The van der Waals surface area contributed by atoms with E-state index in [1.165, 1.54) is 29.9 Å². The van der Waals surface area contributed by atoms with Crippen molar-refractivity contribution in [3.05, 3.63) is 83.3 Å². The molecule has 5 rings (SSSR count). The van der Waals surface area contributed by atoms with Gasteiger partial charge in [0.15, 0.2) is 0 Å². The van der Waals surface area contributed by atoms with Gasteiger partial charge in [0, 0.05) is 17.9 Å². The molecule has 6 nitrogen and oxygen atoms in total. The van der Waals surface area contributed by atoms with E-state index in [1.807, 2.05) is 24.3 Å². The smallest absolute Gasteiger partial charge is 0.217 e. The number of carbonyl (C=O) groups is 1. The number of thiazole rings is 1. The van der Waals surface area contributed by atoms with Crippen molar-refractivity contribution < 1.29 is 19.4 Å². The maximum atomic E-state index is 15.1. The molecule has 2 heterocycles. The van der Waals surface area contributed by atoms with Gasteiger partial charge in [-0.05, 0) is 61.1 Å². The standard InChI is InChI=1S/C28H28FN3O3S/c1-18(35)32-27(16-33,17-34)12-11-19-7-8-21(22(29)15-19)25-30-23-9-10-24(31-26(23)36-25)28(13-14-28)20-5-3-2-4-6-20/h2-10,15,33-34H,11-14,16-17H2,1H3,(H,32,35). The predicted octanol–water partition coefficient (Wildman–Crippen LogP) is 4.37. The van der Waals surface area contributed by atoms with E-state index >= 15 is 4.39 Å². The Kier molecular flexibility index (Phi) is 6.59. The number of aromatic nitrogens is 2. The van der Waals surface area contributed by atoms with E-state index in [4.69, 9.17) is 4.98 Å². The van der Waals surface area contributed by atoms with Crippen LogP contribution in [0.15, 0.2) is 60.7 Å². The van der Waals surface area contributed by atoms with Crippen LogP contribution in [0.4, 0.5) is 4.39 Å². The number of fused-ring (bicyclic) bond motifs is 1. The normalized spacial score (nSPS) is 14.7. The van der Waals surface area contributed by atoms with Crippen LogP contribution in [0.25, 0.3) is 20.9 Å². The monoisotopic (exact) mass is 505 g/mol.